The van der Waals surface area contributed by atoms with E-state index >= 15 is 0 Å². The maximum absolute atomic E-state index is 14.0. The van der Waals surface area contributed by atoms with Crippen molar-refractivity contribution in [3.05, 3.63) is 24.3 Å². The van der Waals surface area contributed by atoms with Crippen molar-refractivity contribution in [2.75, 3.05) is 13.2 Å². The number of halogens is 1. The van der Waals surface area contributed by atoms with Crippen LogP contribution in [0.25, 0.3) is 0 Å². The summed E-state index contributed by atoms with van der Waals surface area (Å²) in [6, 6.07) is 7.10. The predicted molar refractivity (Wildman–Crippen MR) is 114 cm³/mol. The van der Waals surface area contributed by atoms with Crippen LogP contribution in [-0.4, -0.2) is 60.3 Å². The van der Waals surface area contributed by atoms with Crippen LogP contribution in [0.3, 0.4) is 0 Å². The zero-order valence-electron chi connectivity index (χ0n) is 19.0. The van der Waals surface area contributed by atoms with Gasteiger partial charge in [0.1, 0.15) is 24.1 Å². The number of benzene rings is 1. The summed E-state index contributed by atoms with van der Waals surface area (Å²) in [5.74, 6) is 0.640. The predicted octanol–water partition coefficient (Wildman–Crippen LogP) is 3.71. The number of rotatable bonds is 4. The molecule has 1 amide bonds. The summed E-state index contributed by atoms with van der Waals surface area (Å²) in [4.78, 5) is 13.8. The fourth-order valence-electron chi connectivity index (χ4n) is 3.45. The Morgan fingerprint density at radius 2 is 1.73 bits per heavy atom. The highest BCUT2D eigenvalue weighted by atomic mass is 19.1. The Morgan fingerprint density at radius 1 is 1.17 bits per heavy atom. The Kier molecular flexibility index (Phi) is 6.13. The molecule has 2 atom stereocenters. The molecule has 0 unspecified atom stereocenters. The third kappa shape index (κ3) is 5.09. The first-order valence-electron chi connectivity index (χ1n) is 10.5. The van der Waals surface area contributed by atoms with Gasteiger partial charge in [0.05, 0.1) is 23.8 Å². The van der Waals surface area contributed by atoms with Crippen molar-refractivity contribution in [1.82, 2.24) is 4.90 Å². The minimum Gasteiger partial charge on any atom is -0.491 e. The molecule has 0 aliphatic carbocycles. The van der Waals surface area contributed by atoms with Gasteiger partial charge in [-0.3, -0.25) is 4.90 Å². The summed E-state index contributed by atoms with van der Waals surface area (Å²) in [5, 5.41) is 0. The van der Waals surface area contributed by atoms with E-state index in [9.17, 15) is 9.18 Å². The molecule has 1 aromatic carbocycles. The van der Waals surface area contributed by atoms with E-state index in [1.54, 1.807) is 20.8 Å². The molecule has 2 fully saturated rings. The Balaban J connectivity index is 1.59. The highest BCUT2D eigenvalue weighted by Crippen LogP contribution is 2.36. The lowest BCUT2D eigenvalue weighted by molar-refractivity contribution is 0.00578. The monoisotopic (exact) mass is 421 g/mol. The quantitative estimate of drug-likeness (QED) is 0.694. The summed E-state index contributed by atoms with van der Waals surface area (Å²) >= 11 is 0. The van der Waals surface area contributed by atoms with Crippen LogP contribution in [0, 0.1) is 0 Å². The van der Waals surface area contributed by atoms with Crippen LogP contribution in [0.4, 0.5) is 9.18 Å². The van der Waals surface area contributed by atoms with Crippen LogP contribution in [-0.2, 0) is 14.0 Å². The van der Waals surface area contributed by atoms with E-state index in [2.05, 4.69) is 0 Å². The van der Waals surface area contributed by atoms with Crippen LogP contribution in [0.5, 0.6) is 5.75 Å². The molecule has 0 saturated carbocycles. The van der Waals surface area contributed by atoms with Crippen LogP contribution in [0.2, 0.25) is 0 Å². The van der Waals surface area contributed by atoms with E-state index in [1.165, 1.54) is 4.90 Å². The largest absolute Gasteiger partial charge is 0.494 e. The highest BCUT2D eigenvalue weighted by molar-refractivity contribution is 6.62. The second kappa shape index (κ2) is 8.04. The normalized spacial score (nSPS) is 25.5. The molecule has 166 valence electrons. The Hall–Kier alpha value is -1.80. The summed E-state index contributed by atoms with van der Waals surface area (Å²) in [5.41, 5.74) is -0.520. The third-order valence-electron chi connectivity index (χ3n) is 5.84. The van der Waals surface area contributed by atoms with Crippen molar-refractivity contribution in [3.8, 4) is 5.75 Å². The van der Waals surface area contributed by atoms with Crippen molar-refractivity contribution in [1.29, 1.82) is 0 Å². The van der Waals surface area contributed by atoms with Crippen LogP contribution >= 0.6 is 0 Å². The van der Waals surface area contributed by atoms with Gasteiger partial charge in [0.2, 0.25) is 0 Å². The number of carbonyl (C=O) groups excluding carboxylic acids is 1. The van der Waals surface area contributed by atoms with E-state index in [4.69, 9.17) is 18.8 Å². The van der Waals surface area contributed by atoms with Gasteiger partial charge in [0, 0.05) is 6.42 Å². The Morgan fingerprint density at radius 3 is 2.27 bits per heavy atom. The standard InChI is InChI=1S/C22H33BFNO5/c1-20(2,3)28-19(26)25-13-16(24)12-17(25)14-27-18-10-8-15(9-11-18)23-29-21(4,5)22(6,7)30-23/h8-11,16-17H,12-14H2,1-7H3/t16-,17-/m0/s1. The van der Waals surface area contributed by atoms with Crippen molar-refractivity contribution in [2.24, 2.45) is 0 Å². The summed E-state index contributed by atoms with van der Waals surface area (Å²) < 4.78 is 37.3. The Bertz CT molecular complexity index is 746. The molecule has 8 heteroatoms. The van der Waals surface area contributed by atoms with E-state index in [-0.39, 0.29) is 25.6 Å². The lowest BCUT2D eigenvalue weighted by Crippen LogP contribution is -2.42. The number of hydrogen-bond donors (Lipinski definition) is 0. The van der Waals surface area contributed by atoms with E-state index in [0.717, 1.165) is 5.46 Å². The van der Waals surface area contributed by atoms with E-state index in [0.29, 0.717) is 5.75 Å². The maximum atomic E-state index is 14.0. The third-order valence-corrected chi connectivity index (χ3v) is 5.84. The average molecular weight is 421 g/mol. The van der Waals surface area contributed by atoms with Gasteiger partial charge >= 0.3 is 13.2 Å². The number of alkyl halides is 1. The smallest absolute Gasteiger partial charge is 0.491 e. The molecule has 0 N–H and O–H groups in total. The number of amides is 1. The number of likely N-dealkylation sites (tertiary alicyclic amines) is 1. The average Bonchev–Trinajstić information content (AvgIpc) is 3.08. The fourth-order valence-corrected chi connectivity index (χ4v) is 3.45. The molecule has 0 bridgehead atoms. The molecule has 2 saturated heterocycles. The molecule has 30 heavy (non-hydrogen) atoms. The van der Waals surface area contributed by atoms with Crippen molar-refractivity contribution in [3.63, 3.8) is 0 Å². The first-order valence-corrected chi connectivity index (χ1v) is 10.5. The lowest BCUT2D eigenvalue weighted by Gasteiger charge is -2.32. The van der Waals surface area contributed by atoms with Crippen LogP contribution in [0.1, 0.15) is 54.9 Å². The van der Waals surface area contributed by atoms with Gasteiger partial charge in [-0.05, 0) is 66.1 Å². The molecule has 2 aliphatic heterocycles. The fraction of sp³-hybridized carbons (Fsp3) is 0.682. The highest BCUT2D eigenvalue weighted by Gasteiger charge is 2.51. The summed E-state index contributed by atoms with van der Waals surface area (Å²) in [6.07, 6.45) is -1.34. The molecule has 6 nitrogen and oxygen atoms in total. The SMILES string of the molecule is CC(C)(C)OC(=O)N1C[C@@H](F)C[C@H]1COc1ccc(B2OC(C)(C)C(C)(C)O2)cc1. The summed E-state index contributed by atoms with van der Waals surface area (Å²) in [7, 11) is -0.436. The number of nitrogens with zero attached hydrogens (tertiary/aromatic N) is 1. The minimum absolute atomic E-state index is 0.0316. The topological polar surface area (TPSA) is 57.2 Å². The van der Waals surface area contributed by atoms with Gasteiger partial charge < -0.3 is 18.8 Å². The van der Waals surface area contributed by atoms with E-state index < -0.39 is 36.2 Å². The van der Waals surface area contributed by atoms with Crippen LogP contribution < -0.4 is 10.2 Å². The molecule has 3 rings (SSSR count). The van der Waals surface area contributed by atoms with Gasteiger partial charge in [0.15, 0.2) is 0 Å². The van der Waals surface area contributed by atoms with Gasteiger partial charge in [-0.2, -0.15) is 0 Å². The molecular formula is C22H33BFNO5. The molecule has 2 aliphatic rings. The van der Waals surface area contributed by atoms with Gasteiger partial charge in [-0.25, -0.2) is 9.18 Å². The van der Waals surface area contributed by atoms with Gasteiger partial charge in [-0.1, -0.05) is 12.1 Å². The van der Waals surface area contributed by atoms with Crippen molar-refractivity contribution < 1.29 is 28.0 Å². The number of ether oxygens (including phenoxy) is 2. The second-order valence-corrected chi connectivity index (χ2v) is 10.1. The molecule has 2 heterocycles. The zero-order valence-corrected chi connectivity index (χ0v) is 19.0. The second-order valence-electron chi connectivity index (χ2n) is 10.1. The summed E-state index contributed by atoms with van der Waals surface area (Å²) in [6.45, 7) is 13.7. The van der Waals surface area contributed by atoms with Gasteiger partial charge in [-0.15, -0.1) is 0 Å². The zero-order chi connectivity index (χ0) is 22.3. The van der Waals surface area contributed by atoms with Gasteiger partial charge in [0.25, 0.3) is 0 Å². The van der Waals surface area contributed by atoms with Crippen LogP contribution in [0.15, 0.2) is 24.3 Å². The van der Waals surface area contributed by atoms with Crippen molar-refractivity contribution in [2.45, 2.75) is 83.9 Å². The molecular weight excluding hydrogens is 388 g/mol. The number of hydrogen-bond acceptors (Lipinski definition) is 5. The molecule has 0 aromatic heterocycles. The first-order chi connectivity index (χ1) is 13.8. The molecule has 0 radical (unpaired) electrons. The van der Waals surface area contributed by atoms with E-state index in [1.807, 2.05) is 52.0 Å². The van der Waals surface area contributed by atoms with Crippen molar-refractivity contribution >= 4 is 18.7 Å². The minimum atomic E-state index is -1.07. The lowest BCUT2D eigenvalue weighted by atomic mass is 9.79. The number of carbonyl (C=O) groups is 1. The first kappa shape index (κ1) is 22.9. The molecule has 0 spiro atoms. The Labute approximate surface area is 179 Å². The maximum Gasteiger partial charge on any atom is 0.494 e. The molecule has 1 aromatic rings.